The van der Waals surface area contributed by atoms with Crippen molar-refractivity contribution in [1.29, 1.82) is 0 Å². The van der Waals surface area contributed by atoms with Crippen LogP contribution in [-0.2, 0) is 16.3 Å². The average molecular weight is 254 g/mol. The summed E-state index contributed by atoms with van der Waals surface area (Å²) >= 11 is 4.25. The number of halogens is 2. The van der Waals surface area contributed by atoms with E-state index in [1.165, 1.54) is 28.5 Å². The number of aryl methyl sites for hydroxylation is 1. The van der Waals surface area contributed by atoms with Gasteiger partial charge in [-0.05, 0) is 0 Å². The van der Waals surface area contributed by atoms with Gasteiger partial charge in [0.25, 0.3) is 0 Å². The van der Waals surface area contributed by atoms with E-state index in [9.17, 15) is 4.39 Å². The van der Waals surface area contributed by atoms with E-state index in [4.69, 9.17) is 0 Å². The fraction of sp³-hybridized carbons (Fsp3) is 0.143. The standard InChI is InChI=1S/C7H6F.BrH.Zn/c1-6-2-4-7(8)5-3-6;;/h2,4-5H,1H3;1H;/q-1;;+2/p-1. The second-order valence-corrected chi connectivity index (χ2v) is 1.69. The molecule has 3 heteroatoms. The summed E-state index contributed by atoms with van der Waals surface area (Å²) in [7, 11) is 0. The van der Waals surface area contributed by atoms with Gasteiger partial charge in [-0.2, -0.15) is 17.7 Å². The number of hydrogen-bond acceptors (Lipinski definition) is 0. The summed E-state index contributed by atoms with van der Waals surface area (Å²) in [6, 6.07) is 7.17. The van der Waals surface area contributed by atoms with E-state index in [1.54, 1.807) is 6.07 Å². The van der Waals surface area contributed by atoms with Crippen molar-refractivity contribution in [2.75, 3.05) is 0 Å². The van der Waals surface area contributed by atoms with E-state index >= 15 is 0 Å². The molecule has 0 saturated carbocycles. The van der Waals surface area contributed by atoms with Crippen LogP contribution in [0.2, 0.25) is 0 Å². The Hall–Kier alpha value is 0.253. The molecule has 0 bridgehead atoms. The van der Waals surface area contributed by atoms with Crippen LogP contribution in [0, 0.1) is 18.8 Å². The molecule has 0 saturated heterocycles. The Labute approximate surface area is 76.9 Å². The van der Waals surface area contributed by atoms with Gasteiger partial charge in [0.2, 0.25) is 0 Å². The quantitative estimate of drug-likeness (QED) is 0.493. The molecule has 0 aliphatic heterocycles. The normalized spacial score (nSPS) is 8.10. The van der Waals surface area contributed by atoms with Gasteiger partial charge in [-0.15, -0.1) is 12.1 Å². The van der Waals surface area contributed by atoms with E-state index in [2.05, 4.69) is 19.7 Å². The van der Waals surface area contributed by atoms with Crippen LogP contribution in [0.5, 0.6) is 0 Å². The summed E-state index contributed by atoms with van der Waals surface area (Å²) in [5.41, 5.74) is 0.964. The number of hydrogen-bond donors (Lipinski definition) is 0. The molecule has 0 nitrogen and oxygen atoms in total. The van der Waals surface area contributed by atoms with Gasteiger partial charge in [-0.25, -0.2) is 0 Å². The molecule has 0 N–H and O–H groups in total. The van der Waals surface area contributed by atoms with Gasteiger partial charge in [0.1, 0.15) is 0 Å². The first-order chi connectivity index (χ1) is 4.79. The zero-order valence-electron chi connectivity index (χ0n) is 5.70. The molecule has 0 aliphatic rings. The molecule has 1 rings (SSSR count). The zero-order valence-corrected chi connectivity index (χ0v) is 10.2. The van der Waals surface area contributed by atoms with E-state index < -0.39 is 0 Å². The van der Waals surface area contributed by atoms with Crippen LogP contribution < -0.4 is 0 Å². The van der Waals surface area contributed by atoms with Crippen molar-refractivity contribution in [3.05, 3.63) is 35.6 Å². The van der Waals surface area contributed by atoms with Crippen molar-refractivity contribution in [1.82, 2.24) is 0 Å². The van der Waals surface area contributed by atoms with E-state index in [1.807, 2.05) is 6.92 Å². The summed E-state index contributed by atoms with van der Waals surface area (Å²) < 4.78 is 12.1. The Kier molecular flexibility index (Phi) is 6.15. The SMILES string of the molecule is Cc1[c-]cc(F)cc1.[Zn+][Br]. The molecular formula is C7H6BrFZn. The topological polar surface area (TPSA) is 0 Å². The maximum atomic E-state index is 12.1. The van der Waals surface area contributed by atoms with Crippen LogP contribution in [0.1, 0.15) is 5.56 Å². The van der Waals surface area contributed by atoms with Crippen molar-refractivity contribution >= 4 is 13.6 Å². The summed E-state index contributed by atoms with van der Waals surface area (Å²) in [6.07, 6.45) is 0. The van der Waals surface area contributed by atoms with Crippen LogP contribution in [0.25, 0.3) is 0 Å². The average Bonchev–Trinajstić information content (AvgIpc) is 2.00. The third-order valence-corrected chi connectivity index (χ3v) is 0.930. The van der Waals surface area contributed by atoms with E-state index in [0.717, 1.165) is 5.56 Å². The van der Waals surface area contributed by atoms with Gasteiger partial charge in [0.15, 0.2) is 0 Å². The monoisotopic (exact) mass is 252 g/mol. The Morgan fingerprint density at radius 2 is 2.10 bits per heavy atom. The Bertz CT molecular complexity index is 152. The molecule has 0 aliphatic carbocycles. The van der Waals surface area contributed by atoms with Crippen LogP contribution in [0.4, 0.5) is 4.39 Å². The van der Waals surface area contributed by atoms with Gasteiger partial charge < -0.3 is 0 Å². The molecule has 0 aromatic heterocycles. The molecule has 0 spiro atoms. The Morgan fingerprint density at radius 3 is 2.40 bits per heavy atom. The van der Waals surface area contributed by atoms with Crippen molar-refractivity contribution in [3.8, 4) is 0 Å². The predicted octanol–water partition coefficient (Wildman–Crippen LogP) is 2.78. The fourth-order valence-electron chi connectivity index (χ4n) is 0.484. The molecule has 0 heterocycles. The second-order valence-electron chi connectivity index (χ2n) is 1.69. The molecule has 0 amide bonds. The summed E-state index contributed by atoms with van der Waals surface area (Å²) in [6.45, 7) is 1.87. The van der Waals surface area contributed by atoms with Gasteiger partial charge in [-0.3, -0.25) is 4.39 Å². The molecular weight excluding hydrogens is 248 g/mol. The number of benzene rings is 1. The molecule has 0 atom stereocenters. The van der Waals surface area contributed by atoms with Crippen LogP contribution in [0.3, 0.4) is 0 Å². The van der Waals surface area contributed by atoms with Crippen LogP contribution in [-0.4, -0.2) is 0 Å². The van der Waals surface area contributed by atoms with Gasteiger partial charge in [-0.1, -0.05) is 6.92 Å². The van der Waals surface area contributed by atoms with E-state index in [-0.39, 0.29) is 5.82 Å². The molecule has 0 radical (unpaired) electrons. The van der Waals surface area contributed by atoms with Crippen molar-refractivity contribution in [2.45, 2.75) is 6.92 Å². The van der Waals surface area contributed by atoms with Crippen molar-refractivity contribution < 1.29 is 20.7 Å². The Morgan fingerprint density at radius 1 is 1.50 bits per heavy atom. The third kappa shape index (κ3) is 4.13. The summed E-state index contributed by atoms with van der Waals surface area (Å²) in [4.78, 5) is 0. The van der Waals surface area contributed by atoms with Gasteiger partial charge in [0.05, 0.1) is 0 Å². The Balaban J connectivity index is 0.000000371. The molecule has 1 aromatic rings. The van der Waals surface area contributed by atoms with Gasteiger partial charge in [0, 0.05) is 5.82 Å². The van der Waals surface area contributed by atoms with Crippen LogP contribution in [0.15, 0.2) is 18.2 Å². The predicted molar refractivity (Wildman–Crippen MR) is 38.9 cm³/mol. The second kappa shape index (κ2) is 6.00. The van der Waals surface area contributed by atoms with Crippen molar-refractivity contribution in [3.63, 3.8) is 0 Å². The molecule has 0 fully saturated rings. The molecule has 10 heavy (non-hydrogen) atoms. The molecule has 1 aromatic carbocycles. The summed E-state index contributed by atoms with van der Waals surface area (Å²) in [5.74, 6) is -0.226. The van der Waals surface area contributed by atoms with Gasteiger partial charge >= 0.3 is 30.0 Å². The molecule has 50 valence electrons. The molecule has 0 unspecified atom stereocenters. The fourth-order valence-corrected chi connectivity index (χ4v) is 0.484. The van der Waals surface area contributed by atoms with Crippen molar-refractivity contribution in [2.24, 2.45) is 0 Å². The zero-order chi connectivity index (χ0) is 7.98. The minimum absolute atomic E-state index is 0.226. The van der Waals surface area contributed by atoms with Crippen LogP contribution >= 0.6 is 13.6 Å². The third-order valence-electron chi connectivity index (χ3n) is 0.930. The maximum absolute atomic E-state index is 12.1. The van der Waals surface area contributed by atoms with E-state index in [0.29, 0.717) is 0 Å². The number of rotatable bonds is 0. The summed E-state index contributed by atoms with van der Waals surface area (Å²) in [5, 5.41) is 0. The first-order valence-electron chi connectivity index (χ1n) is 2.69. The first-order valence-corrected chi connectivity index (χ1v) is 9.64. The first kappa shape index (κ1) is 10.3. The minimum atomic E-state index is -0.226.